The molecule has 0 saturated carbocycles. The Balaban J connectivity index is 1.38. The molecule has 0 aliphatic carbocycles. The SMILES string of the molecule is CC(C)CC(=O)NCC1CCN(/C=C2/N=C(c3cccc4ccccc34)OC2=O)CC1. The number of hydrogen-bond acceptors (Lipinski definition) is 5. The van der Waals surface area contributed by atoms with E-state index in [0.29, 0.717) is 29.9 Å². The van der Waals surface area contributed by atoms with Crippen LogP contribution in [0.1, 0.15) is 38.7 Å². The minimum atomic E-state index is -0.411. The van der Waals surface area contributed by atoms with E-state index >= 15 is 0 Å². The largest absolute Gasteiger partial charge is 0.402 e. The molecule has 1 saturated heterocycles. The van der Waals surface area contributed by atoms with Gasteiger partial charge in [-0.1, -0.05) is 50.2 Å². The molecule has 2 heterocycles. The van der Waals surface area contributed by atoms with Gasteiger partial charge >= 0.3 is 5.97 Å². The third kappa shape index (κ3) is 5.13. The lowest BCUT2D eigenvalue weighted by Gasteiger charge is -2.31. The maximum Gasteiger partial charge on any atom is 0.365 e. The van der Waals surface area contributed by atoms with Crippen molar-refractivity contribution in [2.24, 2.45) is 16.8 Å². The minimum absolute atomic E-state index is 0.128. The van der Waals surface area contributed by atoms with Gasteiger partial charge in [0.25, 0.3) is 0 Å². The number of ether oxygens (including phenoxy) is 1. The zero-order chi connectivity index (χ0) is 21.8. The van der Waals surface area contributed by atoms with Crippen LogP contribution in [0.3, 0.4) is 0 Å². The van der Waals surface area contributed by atoms with Crippen molar-refractivity contribution in [3.8, 4) is 0 Å². The molecule has 6 heteroatoms. The molecule has 31 heavy (non-hydrogen) atoms. The maximum absolute atomic E-state index is 12.4. The van der Waals surface area contributed by atoms with Crippen LogP contribution < -0.4 is 5.32 Å². The third-order valence-electron chi connectivity index (χ3n) is 5.78. The number of piperidine rings is 1. The Bertz CT molecular complexity index is 1030. The van der Waals surface area contributed by atoms with Crippen molar-refractivity contribution in [3.05, 3.63) is 59.9 Å². The molecule has 2 aromatic rings. The van der Waals surface area contributed by atoms with Crippen LogP contribution >= 0.6 is 0 Å². The van der Waals surface area contributed by atoms with Crippen LogP contribution in [0.25, 0.3) is 10.8 Å². The van der Waals surface area contributed by atoms with E-state index in [1.165, 1.54) is 0 Å². The van der Waals surface area contributed by atoms with Crippen LogP contribution in [0.2, 0.25) is 0 Å². The maximum atomic E-state index is 12.4. The van der Waals surface area contributed by atoms with Gasteiger partial charge in [-0.2, -0.15) is 0 Å². The summed E-state index contributed by atoms with van der Waals surface area (Å²) in [5.74, 6) is 0.917. The zero-order valence-electron chi connectivity index (χ0n) is 18.1. The van der Waals surface area contributed by atoms with Crippen molar-refractivity contribution in [2.45, 2.75) is 33.1 Å². The third-order valence-corrected chi connectivity index (χ3v) is 5.78. The number of aliphatic imine (C=N–C) groups is 1. The van der Waals surface area contributed by atoms with Gasteiger partial charge in [-0.3, -0.25) is 4.79 Å². The number of hydrogen-bond donors (Lipinski definition) is 1. The highest BCUT2D eigenvalue weighted by molar-refractivity contribution is 6.16. The number of likely N-dealkylation sites (tertiary alicyclic amines) is 1. The van der Waals surface area contributed by atoms with Crippen molar-refractivity contribution in [2.75, 3.05) is 19.6 Å². The van der Waals surface area contributed by atoms with Gasteiger partial charge in [0.05, 0.1) is 0 Å². The van der Waals surface area contributed by atoms with Gasteiger partial charge in [0, 0.05) is 37.8 Å². The molecule has 0 radical (unpaired) electrons. The molecule has 2 aliphatic heterocycles. The monoisotopic (exact) mass is 419 g/mol. The summed E-state index contributed by atoms with van der Waals surface area (Å²) < 4.78 is 5.50. The topological polar surface area (TPSA) is 71.0 Å². The van der Waals surface area contributed by atoms with E-state index in [2.05, 4.69) is 15.2 Å². The summed E-state index contributed by atoms with van der Waals surface area (Å²) in [4.78, 5) is 30.9. The lowest BCUT2D eigenvalue weighted by molar-refractivity contribution is -0.130. The molecule has 2 aromatic carbocycles. The summed E-state index contributed by atoms with van der Waals surface area (Å²) in [7, 11) is 0. The van der Waals surface area contributed by atoms with E-state index in [1.807, 2.05) is 62.5 Å². The van der Waals surface area contributed by atoms with E-state index < -0.39 is 5.97 Å². The molecule has 4 rings (SSSR count). The molecular weight excluding hydrogens is 390 g/mol. The number of benzene rings is 2. The highest BCUT2D eigenvalue weighted by Crippen LogP contribution is 2.25. The molecule has 1 N–H and O–H groups in total. The van der Waals surface area contributed by atoms with Crippen molar-refractivity contribution in [1.82, 2.24) is 10.2 Å². The number of carbonyl (C=O) groups excluding carboxylic acids is 2. The van der Waals surface area contributed by atoms with Crippen molar-refractivity contribution >= 4 is 28.5 Å². The molecule has 0 bridgehead atoms. The number of fused-ring (bicyclic) bond motifs is 1. The first kappa shape index (κ1) is 21.1. The Morgan fingerprint density at radius 2 is 1.94 bits per heavy atom. The van der Waals surface area contributed by atoms with E-state index in [-0.39, 0.29) is 5.91 Å². The lowest BCUT2D eigenvalue weighted by atomic mass is 9.97. The molecule has 1 fully saturated rings. The Kier molecular flexibility index (Phi) is 6.35. The number of amides is 1. The second kappa shape index (κ2) is 9.33. The van der Waals surface area contributed by atoms with Crippen LogP contribution in [0.15, 0.2) is 59.4 Å². The Morgan fingerprint density at radius 1 is 1.19 bits per heavy atom. The van der Waals surface area contributed by atoms with Crippen LogP contribution in [-0.2, 0) is 14.3 Å². The quantitative estimate of drug-likeness (QED) is 0.570. The van der Waals surface area contributed by atoms with Gasteiger partial charge < -0.3 is 15.0 Å². The fourth-order valence-electron chi connectivity index (χ4n) is 4.09. The second-order valence-electron chi connectivity index (χ2n) is 8.73. The second-order valence-corrected chi connectivity index (χ2v) is 8.73. The first-order chi connectivity index (χ1) is 15.0. The lowest BCUT2D eigenvalue weighted by Crippen LogP contribution is -2.37. The predicted molar refractivity (Wildman–Crippen MR) is 121 cm³/mol. The van der Waals surface area contributed by atoms with Gasteiger partial charge in [-0.05, 0) is 41.5 Å². The number of nitrogens with one attached hydrogen (secondary N) is 1. The Morgan fingerprint density at radius 3 is 2.71 bits per heavy atom. The number of rotatable bonds is 6. The molecule has 0 aromatic heterocycles. The van der Waals surface area contributed by atoms with Gasteiger partial charge in [-0.25, -0.2) is 9.79 Å². The van der Waals surface area contributed by atoms with E-state index in [4.69, 9.17) is 4.74 Å². The molecule has 162 valence electrons. The molecule has 0 unspecified atom stereocenters. The molecule has 2 aliphatic rings. The summed E-state index contributed by atoms with van der Waals surface area (Å²) in [5, 5.41) is 5.14. The molecular formula is C25H29N3O3. The Labute approximate surface area is 183 Å². The summed E-state index contributed by atoms with van der Waals surface area (Å²) in [6.45, 7) is 6.49. The van der Waals surface area contributed by atoms with Crippen LogP contribution in [-0.4, -0.2) is 42.3 Å². The number of esters is 1. The average molecular weight is 420 g/mol. The fourth-order valence-corrected chi connectivity index (χ4v) is 4.09. The van der Waals surface area contributed by atoms with Crippen molar-refractivity contribution in [3.63, 3.8) is 0 Å². The standard InChI is InChI=1S/C25H29N3O3/c1-17(2)14-23(29)26-15-18-10-12-28(13-11-18)16-22-25(30)31-24(27-22)21-9-5-7-19-6-3-4-8-20(19)21/h3-9,16-18H,10-15H2,1-2H3,(H,26,29)/b22-16+. The first-order valence-corrected chi connectivity index (χ1v) is 11.0. The summed E-state index contributed by atoms with van der Waals surface area (Å²) in [5.41, 5.74) is 1.16. The Hall–Kier alpha value is -3.15. The van der Waals surface area contributed by atoms with Gasteiger partial charge in [0.2, 0.25) is 11.8 Å². The van der Waals surface area contributed by atoms with Crippen LogP contribution in [0.4, 0.5) is 0 Å². The molecule has 1 amide bonds. The predicted octanol–water partition coefficient (Wildman–Crippen LogP) is 3.86. The van der Waals surface area contributed by atoms with Gasteiger partial charge in [0.1, 0.15) is 0 Å². The summed E-state index contributed by atoms with van der Waals surface area (Å²) in [6.07, 6.45) is 4.33. The average Bonchev–Trinajstić information content (AvgIpc) is 3.12. The van der Waals surface area contributed by atoms with E-state index in [0.717, 1.165) is 48.8 Å². The van der Waals surface area contributed by atoms with Crippen LogP contribution in [0.5, 0.6) is 0 Å². The smallest absolute Gasteiger partial charge is 0.365 e. The van der Waals surface area contributed by atoms with E-state index in [1.54, 1.807) is 0 Å². The highest BCUT2D eigenvalue weighted by atomic mass is 16.6. The van der Waals surface area contributed by atoms with Crippen LogP contribution in [0, 0.1) is 11.8 Å². The van der Waals surface area contributed by atoms with E-state index in [9.17, 15) is 9.59 Å². The number of cyclic esters (lactones) is 1. The fraction of sp³-hybridized carbons (Fsp3) is 0.400. The van der Waals surface area contributed by atoms with Crippen molar-refractivity contribution < 1.29 is 14.3 Å². The number of nitrogens with zero attached hydrogens (tertiary/aromatic N) is 2. The first-order valence-electron chi connectivity index (χ1n) is 11.0. The normalized spacial score (nSPS) is 18.5. The molecule has 0 atom stereocenters. The number of carbonyl (C=O) groups is 2. The molecule has 6 nitrogen and oxygen atoms in total. The summed E-state index contributed by atoms with van der Waals surface area (Å²) in [6, 6.07) is 13.9. The molecule has 0 spiro atoms. The van der Waals surface area contributed by atoms with Crippen molar-refractivity contribution in [1.29, 1.82) is 0 Å². The van der Waals surface area contributed by atoms with Gasteiger partial charge in [0.15, 0.2) is 5.70 Å². The highest BCUT2D eigenvalue weighted by Gasteiger charge is 2.27. The van der Waals surface area contributed by atoms with Gasteiger partial charge in [-0.15, -0.1) is 0 Å². The summed E-state index contributed by atoms with van der Waals surface area (Å²) >= 11 is 0. The zero-order valence-corrected chi connectivity index (χ0v) is 18.1. The minimum Gasteiger partial charge on any atom is -0.402 e.